The first-order chi connectivity index (χ1) is 6.66. The lowest BCUT2D eigenvalue weighted by Gasteiger charge is -2.00. The molecule has 2 rings (SSSR count). The van der Waals surface area contributed by atoms with Crippen LogP contribution in [0.4, 0.5) is 5.69 Å². The molecule has 14 heavy (non-hydrogen) atoms. The van der Waals surface area contributed by atoms with Crippen LogP contribution in [0.3, 0.4) is 0 Å². The average Bonchev–Trinajstić information content (AvgIpc) is 2.57. The molecule has 0 bridgehead atoms. The summed E-state index contributed by atoms with van der Waals surface area (Å²) in [6, 6.07) is 5.75. The molecule has 0 unspecified atom stereocenters. The van der Waals surface area contributed by atoms with Crippen LogP contribution in [0.15, 0.2) is 28.9 Å². The van der Waals surface area contributed by atoms with Crippen LogP contribution in [0.5, 0.6) is 0 Å². The van der Waals surface area contributed by atoms with Crippen molar-refractivity contribution in [3.63, 3.8) is 0 Å². The lowest BCUT2D eigenvalue weighted by molar-refractivity contribution is 0.573. The zero-order valence-electron chi connectivity index (χ0n) is 8.24. The maximum Gasteiger partial charge on any atom is 0.226 e. The number of aromatic nitrogens is 1. The van der Waals surface area contributed by atoms with E-state index in [0.29, 0.717) is 5.89 Å². The highest BCUT2D eigenvalue weighted by Crippen LogP contribution is 2.22. The van der Waals surface area contributed by atoms with Gasteiger partial charge in [0.05, 0.1) is 5.69 Å². The van der Waals surface area contributed by atoms with E-state index in [4.69, 9.17) is 10.2 Å². The highest BCUT2D eigenvalue weighted by atomic mass is 16.3. The number of hydrogen-bond donors (Lipinski definition) is 1. The number of nitrogen functional groups attached to an aromatic ring is 1. The summed E-state index contributed by atoms with van der Waals surface area (Å²) in [5, 5.41) is 0. The summed E-state index contributed by atoms with van der Waals surface area (Å²) in [5.74, 6) is 0.644. The second-order valence-electron chi connectivity index (χ2n) is 3.37. The predicted octanol–water partition coefficient (Wildman–Crippen LogP) is 2.54. The van der Waals surface area contributed by atoms with Gasteiger partial charge in [-0.15, -0.1) is 0 Å². The molecule has 72 valence electrons. The van der Waals surface area contributed by atoms with Crippen LogP contribution >= 0.6 is 0 Å². The van der Waals surface area contributed by atoms with E-state index in [2.05, 4.69) is 4.98 Å². The van der Waals surface area contributed by atoms with Crippen molar-refractivity contribution in [2.24, 2.45) is 0 Å². The van der Waals surface area contributed by atoms with Crippen molar-refractivity contribution in [1.29, 1.82) is 0 Å². The molecule has 0 atom stereocenters. The van der Waals surface area contributed by atoms with Crippen molar-refractivity contribution in [2.75, 3.05) is 5.73 Å². The Morgan fingerprint density at radius 2 is 2.07 bits per heavy atom. The third kappa shape index (κ3) is 1.48. The molecule has 1 heterocycles. The van der Waals surface area contributed by atoms with E-state index in [-0.39, 0.29) is 0 Å². The number of rotatable bonds is 1. The van der Waals surface area contributed by atoms with Crippen LogP contribution in [0, 0.1) is 13.8 Å². The maximum absolute atomic E-state index is 5.72. The Hall–Kier alpha value is -1.77. The van der Waals surface area contributed by atoms with E-state index in [9.17, 15) is 0 Å². The van der Waals surface area contributed by atoms with Gasteiger partial charge in [0.1, 0.15) is 6.26 Å². The monoisotopic (exact) mass is 188 g/mol. The lowest BCUT2D eigenvalue weighted by Crippen LogP contribution is -1.89. The Labute approximate surface area is 82.6 Å². The first-order valence-electron chi connectivity index (χ1n) is 4.45. The quantitative estimate of drug-likeness (QED) is 0.699. The van der Waals surface area contributed by atoms with Crippen molar-refractivity contribution in [1.82, 2.24) is 4.98 Å². The average molecular weight is 188 g/mol. The standard InChI is InChI=1S/C11H12N2O/c1-7-5-9(3-4-10(7)12)11-13-8(2)6-14-11/h3-6H,12H2,1-2H3. The van der Waals surface area contributed by atoms with Gasteiger partial charge in [0.2, 0.25) is 5.89 Å². The molecule has 0 fully saturated rings. The summed E-state index contributed by atoms with van der Waals surface area (Å²) in [6.45, 7) is 3.87. The normalized spacial score (nSPS) is 10.4. The molecule has 0 saturated carbocycles. The van der Waals surface area contributed by atoms with Gasteiger partial charge in [0, 0.05) is 11.3 Å². The molecule has 2 N–H and O–H groups in total. The number of hydrogen-bond acceptors (Lipinski definition) is 3. The van der Waals surface area contributed by atoms with Crippen molar-refractivity contribution in [3.05, 3.63) is 35.7 Å². The summed E-state index contributed by atoms with van der Waals surface area (Å²) in [6.07, 6.45) is 1.64. The Morgan fingerprint density at radius 1 is 1.29 bits per heavy atom. The first-order valence-corrected chi connectivity index (χ1v) is 4.45. The number of nitrogens with two attached hydrogens (primary N) is 1. The second-order valence-corrected chi connectivity index (χ2v) is 3.37. The summed E-state index contributed by atoms with van der Waals surface area (Å²) in [7, 11) is 0. The minimum Gasteiger partial charge on any atom is -0.444 e. The second kappa shape index (κ2) is 3.18. The Morgan fingerprint density at radius 3 is 2.64 bits per heavy atom. The molecule has 1 aromatic heterocycles. The molecule has 2 aromatic rings. The van der Waals surface area contributed by atoms with Gasteiger partial charge in [0.15, 0.2) is 0 Å². The van der Waals surface area contributed by atoms with Gasteiger partial charge < -0.3 is 10.2 Å². The van der Waals surface area contributed by atoms with Gasteiger partial charge in [-0.1, -0.05) is 0 Å². The van der Waals surface area contributed by atoms with Gasteiger partial charge in [0.25, 0.3) is 0 Å². The fourth-order valence-electron chi connectivity index (χ4n) is 1.30. The fourth-order valence-corrected chi connectivity index (χ4v) is 1.30. The van der Waals surface area contributed by atoms with Crippen LogP contribution in [0.1, 0.15) is 11.3 Å². The number of benzene rings is 1. The van der Waals surface area contributed by atoms with Crippen molar-refractivity contribution < 1.29 is 4.42 Å². The third-order valence-corrected chi connectivity index (χ3v) is 2.14. The molecule has 3 nitrogen and oxygen atoms in total. The molecule has 0 aliphatic heterocycles. The maximum atomic E-state index is 5.72. The smallest absolute Gasteiger partial charge is 0.226 e. The third-order valence-electron chi connectivity index (χ3n) is 2.14. The summed E-state index contributed by atoms with van der Waals surface area (Å²) < 4.78 is 5.29. The van der Waals surface area contributed by atoms with Crippen LogP contribution < -0.4 is 5.73 Å². The van der Waals surface area contributed by atoms with Crippen molar-refractivity contribution >= 4 is 5.69 Å². The summed E-state index contributed by atoms with van der Waals surface area (Å²) >= 11 is 0. The summed E-state index contributed by atoms with van der Waals surface area (Å²) in [4.78, 5) is 4.24. The molecule has 0 spiro atoms. The minimum atomic E-state index is 0.644. The number of anilines is 1. The van der Waals surface area contributed by atoms with Crippen LogP contribution in [-0.2, 0) is 0 Å². The molecule has 0 saturated heterocycles. The van der Waals surface area contributed by atoms with Crippen LogP contribution in [0.2, 0.25) is 0 Å². The number of oxazole rings is 1. The zero-order valence-corrected chi connectivity index (χ0v) is 8.24. The van der Waals surface area contributed by atoms with Gasteiger partial charge in [-0.3, -0.25) is 0 Å². The van der Waals surface area contributed by atoms with Gasteiger partial charge in [-0.05, 0) is 37.6 Å². The molecule has 1 aromatic carbocycles. The molecular formula is C11H12N2O. The highest BCUT2D eigenvalue weighted by Gasteiger charge is 2.05. The predicted molar refractivity (Wildman–Crippen MR) is 55.8 cm³/mol. The van der Waals surface area contributed by atoms with E-state index in [0.717, 1.165) is 22.5 Å². The van der Waals surface area contributed by atoms with Crippen molar-refractivity contribution in [2.45, 2.75) is 13.8 Å². The fraction of sp³-hybridized carbons (Fsp3) is 0.182. The molecule has 0 aliphatic rings. The molecular weight excluding hydrogens is 176 g/mol. The van der Waals surface area contributed by atoms with Crippen LogP contribution in [0.25, 0.3) is 11.5 Å². The lowest BCUT2D eigenvalue weighted by atomic mass is 10.1. The van der Waals surface area contributed by atoms with E-state index in [1.165, 1.54) is 0 Å². The Bertz CT molecular complexity index is 460. The first kappa shape index (κ1) is 8.81. The largest absolute Gasteiger partial charge is 0.444 e. The van der Waals surface area contributed by atoms with Crippen molar-refractivity contribution in [3.8, 4) is 11.5 Å². The Balaban J connectivity index is 2.47. The number of aryl methyl sites for hydroxylation is 2. The topological polar surface area (TPSA) is 52.0 Å². The van der Waals surface area contributed by atoms with E-state index < -0.39 is 0 Å². The van der Waals surface area contributed by atoms with E-state index in [1.54, 1.807) is 6.26 Å². The minimum absolute atomic E-state index is 0.644. The molecule has 3 heteroatoms. The van der Waals surface area contributed by atoms with E-state index in [1.807, 2.05) is 32.0 Å². The van der Waals surface area contributed by atoms with Gasteiger partial charge in [-0.2, -0.15) is 0 Å². The van der Waals surface area contributed by atoms with Gasteiger partial charge in [-0.25, -0.2) is 4.98 Å². The highest BCUT2D eigenvalue weighted by molar-refractivity contribution is 5.60. The molecule has 0 aliphatic carbocycles. The van der Waals surface area contributed by atoms with Crippen LogP contribution in [-0.4, -0.2) is 4.98 Å². The van der Waals surface area contributed by atoms with E-state index >= 15 is 0 Å². The van der Waals surface area contributed by atoms with Gasteiger partial charge >= 0.3 is 0 Å². The Kier molecular flexibility index (Phi) is 2.00. The molecule has 0 radical (unpaired) electrons. The summed E-state index contributed by atoms with van der Waals surface area (Å²) in [5.41, 5.74) is 9.40. The number of nitrogens with zero attached hydrogens (tertiary/aromatic N) is 1. The SMILES string of the molecule is Cc1coc(-c2ccc(N)c(C)c2)n1. The zero-order chi connectivity index (χ0) is 10.1. The molecule has 0 amide bonds.